The lowest BCUT2D eigenvalue weighted by Crippen LogP contribution is -2.48. The van der Waals surface area contributed by atoms with Gasteiger partial charge in [0.15, 0.2) is 0 Å². The van der Waals surface area contributed by atoms with Gasteiger partial charge in [-0.2, -0.15) is 0 Å². The van der Waals surface area contributed by atoms with Crippen molar-refractivity contribution < 1.29 is 4.79 Å². The minimum Gasteiger partial charge on any atom is -0.353 e. The third kappa shape index (κ3) is 3.47. The number of nitrogens with one attached hydrogen (secondary N) is 1. The third-order valence-electron chi connectivity index (χ3n) is 5.45. The van der Waals surface area contributed by atoms with Crippen molar-refractivity contribution in [3.63, 3.8) is 0 Å². The van der Waals surface area contributed by atoms with Crippen LogP contribution in [-0.4, -0.2) is 18.0 Å². The molecule has 0 spiro atoms. The molecule has 1 amide bonds. The number of halogens is 1. The SMILES string of the molecule is CCC(Cc1ccccc1)NC(=O)C1C2CCC(C2)C1N.Cl. The van der Waals surface area contributed by atoms with Crippen molar-refractivity contribution in [2.24, 2.45) is 23.5 Å². The van der Waals surface area contributed by atoms with Gasteiger partial charge in [-0.15, -0.1) is 12.4 Å². The highest BCUT2D eigenvalue weighted by molar-refractivity contribution is 5.85. The lowest BCUT2D eigenvalue weighted by Gasteiger charge is -2.29. The van der Waals surface area contributed by atoms with E-state index in [1.54, 1.807) is 0 Å². The molecular weight excluding hydrogens is 296 g/mol. The van der Waals surface area contributed by atoms with Crippen molar-refractivity contribution in [3.05, 3.63) is 35.9 Å². The number of hydrogen-bond donors (Lipinski definition) is 2. The van der Waals surface area contributed by atoms with Crippen LogP contribution < -0.4 is 11.1 Å². The standard InChI is InChI=1S/C18H26N2O.ClH/c1-2-15(10-12-6-4-3-5-7-12)20-18(21)16-13-8-9-14(11-13)17(16)19;/h3-7,13-17H,2,8-11,19H2,1H3,(H,20,21);1H. The summed E-state index contributed by atoms with van der Waals surface area (Å²) in [4.78, 5) is 12.6. The molecule has 4 heteroatoms. The molecule has 122 valence electrons. The highest BCUT2D eigenvalue weighted by Gasteiger charge is 2.49. The second kappa shape index (κ2) is 7.47. The van der Waals surface area contributed by atoms with E-state index in [2.05, 4.69) is 36.5 Å². The first-order chi connectivity index (χ1) is 10.2. The van der Waals surface area contributed by atoms with E-state index in [1.807, 2.05) is 6.07 Å². The molecule has 1 aromatic rings. The molecule has 3 N–H and O–H groups in total. The molecule has 5 atom stereocenters. The number of nitrogens with two attached hydrogens (primary N) is 1. The Morgan fingerprint density at radius 2 is 1.95 bits per heavy atom. The number of benzene rings is 1. The topological polar surface area (TPSA) is 55.1 Å². The summed E-state index contributed by atoms with van der Waals surface area (Å²) in [6, 6.07) is 10.7. The minimum atomic E-state index is 0. The molecule has 0 radical (unpaired) electrons. The zero-order chi connectivity index (χ0) is 14.8. The Hall–Kier alpha value is -1.06. The number of hydrogen-bond acceptors (Lipinski definition) is 2. The molecule has 0 aromatic heterocycles. The van der Waals surface area contributed by atoms with Gasteiger partial charge >= 0.3 is 0 Å². The molecular formula is C18H27ClN2O. The van der Waals surface area contributed by atoms with Crippen LogP contribution in [0.15, 0.2) is 30.3 Å². The first-order valence-corrected chi connectivity index (χ1v) is 8.29. The molecule has 1 aromatic carbocycles. The summed E-state index contributed by atoms with van der Waals surface area (Å²) < 4.78 is 0. The summed E-state index contributed by atoms with van der Waals surface area (Å²) in [6.07, 6.45) is 5.42. The smallest absolute Gasteiger partial charge is 0.225 e. The molecule has 2 aliphatic carbocycles. The Morgan fingerprint density at radius 3 is 2.55 bits per heavy atom. The van der Waals surface area contributed by atoms with Crippen LogP contribution in [0.3, 0.4) is 0 Å². The normalized spacial score (nSPS) is 30.6. The molecule has 3 rings (SSSR count). The van der Waals surface area contributed by atoms with Gasteiger partial charge in [-0.3, -0.25) is 4.79 Å². The number of fused-ring (bicyclic) bond motifs is 2. The van der Waals surface area contributed by atoms with Gasteiger partial charge < -0.3 is 11.1 Å². The fourth-order valence-electron chi connectivity index (χ4n) is 4.22. The second-order valence-electron chi connectivity index (χ2n) is 6.74. The average Bonchev–Trinajstić information content (AvgIpc) is 3.08. The van der Waals surface area contributed by atoms with Crippen molar-refractivity contribution in [2.75, 3.05) is 0 Å². The molecule has 2 aliphatic rings. The van der Waals surface area contributed by atoms with Gasteiger partial charge in [0.05, 0.1) is 5.92 Å². The fraction of sp³-hybridized carbons (Fsp3) is 0.611. The second-order valence-corrected chi connectivity index (χ2v) is 6.74. The Bertz CT molecular complexity index is 491. The zero-order valence-corrected chi connectivity index (χ0v) is 14.0. The molecule has 2 saturated carbocycles. The quantitative estimate of drug-likeness (QED) is 0.875. The fourth-order valence-corrected chi connectivity index (χ4v) is 4.22. The van der Waals surface area contributed by atoms with E-state index in [9.17, 15) is 4.79 Å². The maximum Gasteiger partial charge on any atom is 0.225 e. The Kier molecular flexibility index (Phi) is 5.87. The Labute approximate surface area is 139 Å². The molecule has 0 heterocycles. The molecule has 5 unspecified atom stereocenters. The van der Waals surface area contributed by atoms with Crippen molar-refractivity contribution in [1.29, 1.82) is 0 Å². The van der Waals surface area contributed by atoms with Gasteiger partial charge in [0, 0.05) is 12.1 Å². The van der Waals surface area contributed by atoms with Gasteiger partial charge in [0.1, 0.15) is 0 Å². The molecule has 0 aliphatic heterocycles. The van der Waals surface area contributed by atoms with Crippen LogP contribution in [0, 0.1) is 17.8 Å². The van der Waals surface area contributed by atoms with E-state index >= 15 is 0 Å². The van der Waals surface area contributed by atoms with Gasteiger partial charge in [-0.1, -0.05) is 37.3 Å². The van der Waals surface area contributed by atoms with Crippen molar-refractivity contribution >= 4 is 18.3 Å². The molecule has 2 bridgehead atoms. The predicted molar refractivity (Wildman–Crippen MR) is 91.9 cm³/mol. The minimum absolute atomic E-state index is 0. The summed E-state index contributed by atoms with van der Waals surface area (Å²) in [7, 11) is 0. The summed E-state index contributed by atoms with van der Waals surface area (Å²) >= 11 is 0. The van der Waals surface area contributed by atoms with E-state index in [0.29, 0.717) is 11.8 Å². The van der Waals surface area contributed by atoms with Gasteiger partial charge in [0.25, 0.3) is 0 Å². The highest BCUT2D eigenvalue weighted by Crippen LogP contribution is 2.47. The lowest BCUT2D eigenvalue weighted by atomic mass is 9.84. The number of amides is 1. The van der Waals surface area contributed by atoms with Gasteiger partial charge in [0.2, 0.25) is 5.91 Å². The summed E-state index contributed by atoms with van der Waals surface area (Å²) in [6.45, 7) is 2.13. The van der Waals surface area contributed by atoms with E-state index in [0.717, 1.165) is 19.3 Å². The highest BCUT2D eigenvalue weighted by atomic mass is 35.5. The van der Waals surface area contributed by atoms with Crippen LogP contribution in [0.4, 0.5) is 0 Å². The van der Waals surface area contributed by atoms with E-state index < -0.39 is 0 Å². The van der Waals surface area contributed by atoms with Gasteiger partial charge in [-0.05, 0) is 49.5 Å². The van der Waals surface area contributed by atoms with Crippen LogP contribution in [-0.2, 0) is 11.2 Å². The van der Waals surface area contributed by atoms with Gasteiger partial charge in [-0.25, -0.2) is 0 Å². The maximum absolute atomic E-state index is 12.6. The van der Waals surface area contributed by atoms with Crippen molar-refractivity contribution in [2.45, 2.75) is 51.1 Å². The predicted octanol–water partition coefficient (Wildman–Crippen LogP) is 2.92. The van der Waals surface area contributed by atoms with Crippen LogP contribution in [0.1, 0.15) is 38.2 Å². The average molecular weight is 323 g/mol. The number of carbonyl (C=O) groups excluding carboxylic acids is 1. The Morgan fingerprint density at radius 1 is 1.27 bits per heavy atom. The molecule has 3 nitrogen and oxygen atoms in total. The van der Waals surface area contributed by atoms with E-state index in [1.165, 1.54) is 18.4 Å². The molecule has 22 heavy (non-hydrogen) atoms. The first kappa shape index (κ1) is 17.3. The van der Waals surface area contributed by atoms with Crippen LogP contribution in [0.2, 0.25) is 0 Å². The number of carbonyl (C=O) groups is 1. The molecule has 0 saturated heterocycles. The van der Waals surface area contributed by atoms with Crippen molar-refractivity contribution in [3.8, 4) is 0 Å². The first-order valence-electron chi connectivity index (χ1n) is 8.29. The van der Waals surface area contributed by atoms with E-state index in [4.69, 9.17) is 5.73 Å². The zero-order valence-electron chi connectivity index (χ0n) is 13.2. The van der Waals surface area contributed by atoms with Crippen LogP contribution in [0.25, 0.3) is 0 Å². The molecule has 2 fully saturated rings. The summed E-state index contributed by atoms with van der Waals surface area (Å²) in [5.41, 5.74) is 7.55. The number of rotatable bonds is 5. The van der Waals surface area contributed by atoms with E-state index in [-0.39, 0.29) is 36.3 Å². The van der Waals surface area contributed by atoms with Crippen LogP contribution >= 0.6 is 12.4 Å². The largest absolute Gasteiger partial charge is 0.353 e. The van der Waals surface area contributed by atoms with Crippen molar-refractivity contribution in [1.82, 2.24) is 5.32 Å². The Balaban J connectivity index is 0.00000176. The third-order valence-corrected chi connectivity index (χ3v) is 5.45. The summed E-state index contributed by atoms with van der Waals surface area (Å²) in [5.74, 6) is 1.35. The monoisotopic (exact) mass is 322 g/mol. The van der Waals surface area contributed by atoms with Crippen LogP contribution in [0.5, 0.6) is 0 Å². The maximum atomic E-state index is 12.6. The lowest BCUT2D eigenvalue weighted by molar-refractivity contribution is -0.127. The summed E-state index contributed by atoms with van der Waals surface area (Å²) in [5, 5.41) is 3.25.